The average Bonchev–Trinajstić information content (AvgIpc) is 3.10. The minimum atomic E-state index is -0.728. The van der Waals surface area contributed by atoms with Gasteiger partial charge in [0.1, 0.15) is 0 Å². The molecule has 1 saturated carbocycles. The van der Waals surface area contributed by atoms with Crippen molar-refractivity contribution in [2.75, 3.05) is 13.1 Å². The first kappa shape index (κ1) is 16.0. The Morgan fingerprint density at radius 3 is 2.70 bits per heavy atom. The van der Waals surface area contributed by atoms with Crippen molar-refractivity contribution in [1.29, 1.82) is 0 Å². The van der Waals surface area contributed by atoms with Crippen molar-refractivity contribution in [3.63, 3.8) is 0 Å². The smallest absolute Gasteiger partial charge is 0.311 e. The lowest BCUT2D eigenvalue weighted by Gasteiger charge is -2.23. The van der Waals surface area contributed by atoms with Crippen LogP contribution in [0.3, 0.4) is 0 Å². The maximum Gasteiger partial charge on any atom is 0.311 e. The minimum absolute atomic E-state index is 0.0719. The van der Waals surface area contributed by atoms with Gasteiger partial charge in [0.15, 0.2) is 0 Å². The molecule has 3 rings (SSSR count). The molecule has 2 atom stereocenters. The summed E-state index contributed by atoms with van der Waals surface area (Å²) in [5.41, 5.74) is 2.51. The lowest BCUT2D eigenvalue weighted by Crippen LogP contribution is -2.37. The Labute approximate surface area is 136 Å². The fraction of sp³-hybridized carbons (Fsp3) is 0.706. The molecule has 1 aromatic rings. The number of aliphatic carboxylic acids is 1. The molecule has 1 saturated heterocycles. The van der Waals surface area contributed by atoms with Gasteiger partial charge in [-0.05, 0) is 44.6 Å². The van der Waals surface area contributed by atoms with Crippen molar-refractivity contribution in [3.8, 4) is 0 Å². The van der Waals surface area contributed by atoms with Crippen LogP contribution in [0.25, 0.3) is 0 Å². The van der Waals surface area contributed by atoms with E-state index in [2.05, 4.69) is 5.10 Å². The van der Waals surface area contributed by atoms with Gasteiger partial charge in [-0.2, -0.15) is 5.10 Å². The Kier molecular flexibility index (Phi) is 3.94. The van der Waals surface area contributed by atoms with E-state index in [1.165, 1.54) is 0 Å². The van der Waals surface area contributed by atoms with Gasteiger partial charge < -0.3 is 10.0 Å². The van der Waals surface area contributed by atoms with Gasteiger partial charge in [0, 0.05) is 32.3 Å². The number of nitrogens with zero attached hydrogens (tertiary/aromatic N) is 3. The first-order chi connectivity index (χ1) is 10.8. The van der Waals surface area contributed by atoms with E-state index >= 15 is 0 Å². The van der Waals surface area contributed by atoms with Gasteiger partial charge in [-0.25, -0.2) is 0 Å². The van der Waals surface area contributed by atoms with Crippen molar-refractivity contribution in [1.82, 2.24) is 14.7 Å². The molecule has 6 nitrogen and oxygen atoms in total. The van der Waals surface area contributed by atoms with Crippen molar-refractivity contribution in [2.45, 2.75) is 46.0 Å². The molecule has 1 aromatic heterocycles. The lowest BCUT2D eigenvalue weighted by atomic mass is 9.81. The van der Waals surface area contributed by atoms with Gasteiger partial charge >= 0.3 is 5.97 Å². The molecular weight excluding hydrogens is 294 g/mol. The number of carbonyl (C=O) groups is 2. The number of fused-ring (bicyclic) bond motifs is 1. The van der Waals surface area contributed by atoms with Crippen LogP contribution in [0, 0.1) is 25.2 Å². The fourth-order valence-electron chi connectivity index (χ4n) is 4.40. The molecular formula is C17H25N3O3. The van der Waals surface area contributed by atoms with E-state index in [-0.39, 0.29) is 11.8 Å². The van der Waals surface area contributed by atoms with Crippen molar-refractivity contribution < 1.29 is 14.7 Å². The summed E-state index contributed by atoms with van der Waals surface area (Å²) in [6.07, 6.45) is 3.70. The second-order valence-corrected chi connectivity index (χ2v) is 7.10. The zero-order chi connectivity index (χ0) is 16.8. The second-order valence-electron chi connectivity index (χ2n) is 7.10. The van der Waals surface area contributed by atoms with E-state index in [1.54, 1.807) is 4.90 Å². The fourth-order valence-corrected chi connectivity index (χ4v) is 4.40. The summed E-state index contributed by atoms with van der Waals surface area (Å²) in [4.78, 5) is 26.0. The number of carbonyl (C=O) groups excluding carboxylic acids is 1. The van der Waals surface area contributed by atoms with Gasteiger partial charge in [-0.3, -0.25) is 14.3 Å². The van der Waals surface area contributed by atoms with E-state index in [4.69, 9.17) is 0 Å². The number of aryl methyl sites for hydroxylation is 2. The average molecular weight is 319 g/mol. The summed E-state index contributed by atoms with van der Waals surface area (Å²) in [7, 11) is 1.91. The Bertz CT molecular complexity index is 652. The third-order valence-electron chi connectivity index (χ3n) is 5.90. The van der Waals surface area contributed by atoms with Crippen molar-refractivity contribution in [2.24, 2.45) is 18.4 Å². The second kappa shape index (κ2) is 5.65. The number of aromatic nitrogens is 2. The van der Waals surface area contributed by atoms with E-state index in [9.17, 15) is 14.7 Å². The predicted molar refractivity (Wildman–Crippen MR) is 85.0 cm³/mol. The Morgan fingerprint density at radius 2 is 2.13 bits per heavy atom. The Morgan fingerprint density at radius 1 is 1.39 bits per heavy atom. The summed E-state index contributed by atoms with van der Waals surface area (Å²) in [5, 5.41) is 14.0. The quantitative estimate of drug-likeness (QED) is 0.916. The number of carboxylic acids is 1. The van der Waals surface area contributed by atoms with Crippen LogP contribution in [0.5, 0.6) is 0 Å². The summed E-state index contributed by atoms with van der Waals surface area (Å²) < 4.78 is 1.84. The maximum atomic E-state index is 12.5. The van der Waals surface area contributed by atoms with Gasteiger partial charge in [0.05, 0.1) is 11.1 Å². The lowest BCUT2D eigenvalue weighted by molar-refractivity contribution is -0.149. The summed E-state index contributed by atoms with van der Waals surface area (Å²) in [6, 6.07) is 0. The molecule has 2 fully saturated rings. The van der Waals surface area contributed by atoms with Crippen LogP contribution in [-0.2, 0) is 23.1 Å². The third-order valence-corrected chi connectivity index (χ3v) is 5.90. The summed E-state index contributed by atoms with van der Waals surface area (Å²) >= 11 is 0. The molecule has 1 amide bonds. The molecule has 126 valence electrons. The van der Waals surface area contributed by atoms with Crippen LogP contribution in [0.15, 0.2) is 0 Å². The predicted octanol–water partition coefficient (Wildman–Crippen LogP) is 1.68. The summed E-state index contributed by atoms with van der Waals surface area (Å²) in [5.74, 6) is -0.525. The number of carboxylic acid groups (broad SMARTS) is 1. The first-order valence-corrected chi connectivity index (χ1v) is 8.35. The van der Waals surface area contributed by atoms with Crippen LogP contribution < -0.4 is 0 Å². The Balaban J connectivity index is 1.65. The van der Waals surface area contributed by atoms with Crippen LogP contribution in [0.2, 0.25) is 0 Å². The van der Waals surface area contributed by atoms with Crippen molar-refractivity contribution in [3.05, 3.63) is 17.0 Å². The first-order valence-electron chi connectivity index (χ1n) is 8.35. The van der Waals surface area contributed by atoms with Gasteiger partial charge in [0.2, 0.25) is 5.91 Å². The highest BCUT2D eigenvalue weighted by Crippen LogP contribution is 2.49. The zero-order valence-corrected chi connectivity index (χ0v) is 14.1. The molecule has 1 aliphatic heterocycles. The highest BCUT2D eigenvalue weighted by atomic mass is 16.4. The van der Waals surface area contributed by atoms with Gasteiger partial charge in [0.25, 0.3) is 0 Å². The maximum absolute atomic E-state index is 12.5. The minimum Gasteiger partial charge on any atom is -0.481 e. The van der Waals surface area contributed by atoms with E-state index < -0.39 is 11.4 Å². The van der Waals surface area contributed by atoms with Crippen molar-refractivity contribution >= 4 is 11.9 Å². The topological polar surface area (TPSA) is 75.4 Å². The van der Waals surface area contributed by atoms with Gasteiger partial charge in [-0.15, -0.1) is 0 Å². The molecule has 0 spiro atoms. The number of likely N-dealkylation sites (tertiary alicyclic amines) is 1. The van der Waals surface area contributed by atoms with Crippen LogP contribution in [-0.4, -0.2) is 44.8 Å². The van der Waals surface area contributed by atoms with E-state index in [0.717, 1.165) is 29.8 Å². The van der Waals surface area contributed by atoms with Crippen LogP contribution in [0.4, 0.5) is 0 Å². The normalized spacial score (nSPS) is 26.6. The highest BCUT2D eigenvalue weighted by Gasteiger charge is 2.55. The van der Waals surface area contributed by atoms with E-state index in [1.807, 2.05) is 25.6 Å². The molecule has 0 unspecified atom stereocenters. The van der Waals surface area contributed by atoms with E-state index in [0.29, 0.717) is 32.4 Å². The van der Waals surface area contributed by atoms with Gasteiger partial charge in [-0.1, -0.05) is 6.42 Å². The molecule has 1 aliphatic carbocycles. The molecule has 23 heavy (non-hydrogen) atoms. The molecule has 1 N–H and O–H groups in total. The van der Waals surface area contributed by atoms with Crippen LogP contribution >= 0.6 is 0 Å². The number of hydrogen-bond donors (Lipinski definition) is 1. The molecule has 0 bridgehead atoms. The third kappa shape index (κ3) is 2.54. The molecule has 2 aliphatic rings. The molecule has 6 heteroatoms. The summed E-state index contributed by atoms with van der Waals surface area (Å²) in [6.45, 7) is 4.97. The highest BCUT2D eigenvalue weighted by molar-refractivity contribution is 5.81. The zero-order valence-electron chi connectivity index (χ0n) is 14.1. The number of amides is 1. The monoisotopic (exact) mass is 319 g/mol. The largest absolute Gasteiger partial charge is 0.481 e. The number of rotatable bonds is 4. The Hall–Kier alpha value is -1.85. The van der Waals surface area contributed by atoms with Crippen LogP contribution in [0.1, 0.15) is 42.6 Å². The SMILES string of the molecule is Cc1nn(C)c(C)c1CCC(=O)N1C[C@@H]2CCC[C@@]2(C(=O)O)C1. The molecule has 0 aromatic carbocycles. The standard InChI is InChI=1S/C17H25N3O3/c1-11-14(12(2)19(3)18-11)6-7-15(21)20-9-13-5-4-8-17(13,10-20)16(22)23/h13H,4-10H2,1-3H3,(H,22,23)/t13-,17+/m0/s1. The molecule has 2 heterocycles. The number of hydrogen-bond acceptors (Lipinski definition) is 3. The molecule has 0 radical (unpaired) electrons.